The van der Waals surface area contributed by atoms with E-state index < -0.39 is 0 Å². The summed E-state index contributed by atoms with van der Waals surface area (Å²) in [5.41, 5.74) is 12.1. The van der Waals surface area contributed by atoms with Crippen LogP contribution >= 0.6 is 0 Å². The van der Waals surface area contributed by atoms with Crippen molar-refractivity contribution < 1.29 is 0 Å². The molecule has 0 bridgehead atoms. The Morgan fingerprint density at radius 3 is 2.05 bits per heavy atom. The second-order valence-electron chi connectivity index (χ2n) is 5.61. The molecule has 0 aliphatic rings. The molecule has 114 valence electrons. The first kappa shape index (κ1) is 15.9. The largest absolute Gasteiger partial charge is 0.403 e. The fourth-order valence-corrected chi connectivity index (χ4v) is 2.27. The van der Waals surface area contributed by atoms with Crippen LogP contribution in [0.1, 0.15) is 24.0 Å². The highest BCUT2D eigenvalue weighted by molar-refractivity contribution is 5.68. The molecule has 0 atom stereocenters. The summed E-state index contributed by atoms with van der Waals surface area (Å²) in [5, 5.41) is 3.33. The molecule has 0 spiro atoms. The van der Waals surface area contributed by atoms with Gasteiger partial charge < -0.3 is 11.1 Å². The summed E-state index contributed by atoms with van der Waals surface area (Å²) < 4.78 is 0. The predicted molar refractivity (Wildman–Crippen MR) is 96.2 cm³/mol. The van der Waals surface area contributed by atoms with Gasteiger partial charge in [-0.25, -0.2) is 0 Å². The van der Waals surface area contributed by atoms with Crippen molar-refractivity contribution in [2.45, 2.75) is 19.8 Å². The number of benzene rings is 2. The van der Waals surface area contributed by atoms with Crippen molar-refractivity contribution in [1.29, 1.82) is 0 Å². The molecule has 3 N–H and O–H groups in total. The number of hydrogen-bond donors (Lipinski definition) is 2. The molecule has 0 amide bonds. The molecule has 2 nitrogen and oxygen atoms in total. The lowest BCUT2D eigenvalue weighted by atomic mass is 10.0. The van der Waals surface area contributed by atoms with E-state index >= 15 is 0 Å². The van der Waals surface area contributed by atoms with E-state index in [4.69, 9.17) is 5.73 Å². The zero-order chi connectivity index (χ0) is 15.9. The topological polar surface area (TPSA) is 38.0 Å². The SMILES string of the molecule is C=C(N)CCCNC(=C)c1ccc(-c2ccc(C)cc2)cc1. The Bertz CT molecular complexity index is 636. The highest BCUT2D eigenvalue weighted by Crippen LogP contribution is 2.21. The van der Waals surface area contributed by atoms with Crippen LogP contribution in [-0.4, -0.2) is 6.54 Å². The Balaban J connectivity index is 1.95. The van der Waals surface area contributed by atoms with Crippen LogP contribution in [0.3, 0.4) is 0 Å². The Labute approximate surface area is 133 Å². The van der Waals surface area contributed by atoms with Gasteiger partial charge in [0.15, 0.2) is 0 Å². The number of allylic oxidation sites excluding steroid dienone is 1. The van der Waals surface area contributed by atoms with Crippen molar-refractivity contribution in [3.63, 3.8) is 0 Å². The second kappa shape index (κ2) is 7.51. The first-order valence-electron chi connectivity index (χ1n) is 7.60. The van der Waals surface area contributed by atoms with E-state index in [0.29, 0.717) is 0 Å². The molecular formula is C20H24N2. The molecule has 2 heteroatoms. The van der Waals surface area contributed by atoms with Gasteiger partial charge in [0.25, 0.3) is 0 Å². The van der Waals surface area contributed by atoms with E-state index in [2.05, 4.69) is 73.9 Å². The molecule has 0 saturated heterocycles. The Kier molecular flexibility index (Phi) is 5.42. The third kappa shape index (κ3) is 4.52. The molecule has 0 aliphatic heterocycles. The summed E-state index contributed by atoms with van der Waals surface area (Å²) in [6, 6.07) is 17.0. The summed E-state index contributed by atoms with van der Waals surface area (Å²) in [4.78, 5) is 0. The van der Waals surface area contributed by atoms with Gasteiger partial charge in [0, 0.05) is 17.9 Å². The lowest BCUT2D eigenvalue weighted by Gasteiger charge is -2.11. The molecule has 0 aromatic heterocycles. The van der Waals surface area contributed by atoms with E-state index in [9.17, 15) is 0 Å². The van der Waals surface area contributed by atoms with Gasteiger partial charge in [0.1, 0.15) is 0 Å². The molecule has 0 fully saturated rings. The van der Waals surface area contributed by atoms with Crippen LogP contribution in [0.4, 0.5) is 0 Å². The minimum absolute atomic E-state index is 0.731. The van der Waals surface area contributed by atoms with Crippen molar-refractivity contribution in [1.82, 2.24) is 5.32 Å². The molecule has 22 heavy (non-hydrogen) atoms. The van der Waals surface area contributed by atoms with Gasteiger partial charge in [-0.05, 0) is 36.5 Å². The third-order valence-electron chi connectivity index (χ3n) is 3.63. The van der Waals surface area contributed by atoms with Crippen molar-refractivity contribution in [2.75, 3.05) is 6.54 Å². The smallest absolute Gasteiger partial charge is 0.0340 e. The first-order chi connectivity index (χ1) is 10.6. The standard InChI is InChI=1S/C20H24N2/c1-15-6-8-19(9-7-15)20-12-10-18(11-13-20)17(3)22-14-4-5-16(2)21/h6-13,22H,2-5,14,21H2,1H3. The molecule has 2 rings (SSSR count). The summed E-state index contributed by atoms with van der Waals surface area (Å²) in [5.74, 6) is 0. The molecule has 0 unspecified atom stereocenters. The number of hydrogen-bond acceptors (Lipinski definition) is 2. The van der Waals surface area contributed by atoms with E-state index in [1.807, 2.05) is 0 Å². The number of nitrogens with two attached hydrogens (primary N) is 1. The minimum Gasteiger partial charge on any atom is -0.403 e. The Morgan fingerprint density at radius 2 is 1.50 bits per heavy atom. The summed E-state index contributed by atoms with van der Waals surface area (Å²) in [6.07, 6.45) is 1.81. The summed E-state index contributed by atoms with van der Waals surface area (Å²) in [7, 11) is 0. The van der Waals surface area contributed by atoms with Gasteiger partial charge in [-0.15, -0.1) is 0 Å². The Morgan fingerprint density at radius 1 is 0.955 bits per heavy atom. The maximum atomic E-state index is 5.56. The molecule has 0 heterocycles. The van der Waals surface area contributed by atoms with E-state index in [1.165, 1.54) is 16.7 Å². The van der Waals surface area contributed by atoms with E-state index in [-0.39, 0.29) is 0 Å². The van der Waals surface area contributed by atoms with Gasteiger partial charge >= 0.3 is 0 Å². The van der Waals surface area contributed by atoms with Crippen molar-refractivity contribution in [3.05, 3.63) is 78.5 Å². The quantitative estimate of drug-likeness (QED) is 0.739. The van der Waals surface area contributed by atoms with E-state index in [1.54, 1.807) is 0 Å². The summed E-state index contributed by atoms with van der Waals surface area (Å²) >= 11 is 0. The molecule has 0 aliphatic carbocycles. The van der Waals surface area contributed by atoms with Crippen molar-refractivity contribution in [3.8, 4) is 11.1 Å². The van der Waals surface area contributed by atoms with Crippen LogP contribution in [0.5, 0.6) is 0 Å². The van der Waals surface area contributed by atoms with Crippen LogP contribution in [-0.2, 0) is 0 Å². The molecule has 2 aromatic carbocycles. The third-order valence-corrected chi connectivity index (χ3v) is 3.63. The number of rotatable bonds is 7. The Hall–Kier alpha value is -2.48. The fraction of sp³-hybridized carbons (Fsp3) is 0.200. The number of nitrogens with one attached hydrogen (secondary N) is 1. The van der Waals surface area contributed by atoms with Gasteiger partial charge in [-0.2, -0.15) is 0 Å². The zero-order valence-corrected chi connectivity index (χ0v) is 13.2. The summed E-state index contributed by atoms with van der Waals surface area (Å²) in [6.45, 7) is 10.7. The molecule has 0 saturated carbocycles. The first-order valence-corrected chi connectivity index (χ1v) is 7.60. The zero-order valence-electron chi connectivity index (χ0n) is 13.2. The van der Waals surface area contributed by atoms with Crippen molar-refractivity contribution >= 4 is 5.70 Å². The number of aryl methyl sites for hydroxylation is 1. The fourth-order valence-electron chi connectivity index (χ4n) is 2.27. The maximum absolute atomic E-state index is 5.56. The van der Waals surface area contributed by atoms with Gasteiger partial charge in [-0.1, -0.05) is 67.3 Å². The van der Waals surface area contributed by atoms with Crippen LogP contribution in [0.15, 0.2) is 67.4 Å². The average molecular weight is 292 g/mol. The van der Waals surface area contributed by atoms with Crippen LogP contribution in [0, 0.1) is 6.92 Å². The van der Waals surface area contributed by atoms with E-state index in [0.717, 1.165) is 36.3 Å². The lowest BCUT2D eigenvalue weighted by Crippen LogP contribution is -2.13. The molecule has 0 radical (unpaired) electrons. The monoisotopic (exact) mass is 292 g/mol. The lowest BCUT2D eigenvalue weighted by molar-refractivity contribution is 0.754. The van der Waals surface area contributed by atoms with Crippen molar-refractivity contribution in [2.24, 2.45) is 5.73 Å². The minimum atomic E-state index is 0.731. The van der Waals surface area contributed by atoms with Gasteiger partial charge in [0.05, 0.1) is 0 Å². The highest BCUT2D eigenvalue weighted by atomic mass is 14.9. The normalized spacial score (nSPS) is 10.2. The highest BCUT2D eigenvalue weighted by Gasteiger charge is 2.01. The van der Waals surface area contributed by atoms with Gasteiger partial charge in [-0.3, -0.25) is 0 Å². The predicted octanol–water partition coefficient (Wildman–Crippen LogP) is 4.47. The van der Waals surface area contributed by atoms with Gasteiger partial charge in [0.2, 0.25) is 0 Å². The second-order valence-corrected chi connectivity index (χ2v) is 5.61. The average Bonchev–Trinajstić information content (AvgIpc) is 2.52. The van der Waals surface area contributed by atoms with Crippen LogP contribution in [0.25, 0.3) is 16.8 Å². The van der Waals surface area contributed by atoms with Crippen LogP contribution in [0.2, 0.25) is 0 Å². The van der Waals surface area contributed by atoms with Crippen LogP contribution < -0.4 is 11.1 Å². The molecular weight excluding hydrogens is 268 g/mol. The molecule has 2 aromatic rings. The maximum Gasteiger partial charge on any atom is 0.0340 e.